The zero-order valence-electron chi connectivity index (χ0n) is 9.69. The monoisotopic (exact) mass is 233 g/mol. The van der Waals surface area contributed by atoms with E-state index in [1.54, 1.807) is 12.4 Å². The van der Waals surface area contributed by atoms with Crippen molar-refractivity contribution in [2.75, 3.05) is 0 Å². The number of hydrogen-bond acceptors (Lipinski definition) is 3. The molecule has 0 saturated heterocycles. The van der Waals surface area contributed by atoms with E-state index < -0.39 is 0 Å². The Bertz CT molecular complexity index is 581. The van der Waals surface area contributed by atoms with Gasteiger partial charge in [-0.05, 0) is 17.7 Å². The molecule has 0 unspecified atom stereocenters. The lowest BCUT2D eigenvalue weighted by molar-refractivity contribution is 1.17. The number of benzene rings is 1. The number of aromatic nitrogens is 3. The highest BCUT2D eigenvalue weighted by Gasteiger charge is 2.02. The van der Waals surface area contributed by atoms with Crippen molar-refractivity contribution < 1.29 is 0 Å². The topological polar surface area (TPSA) is 38.7 Å². The first-order chi connectivity index (χ1) is 8.93. The summed E-state index contributed by atoms with van der Waals surface area (Å²) in [5, 5.41) is 0. The highest BCUT2D eigenvalue weighted by molar-refractivity contribution is 5.69. The van der Waals surface area contributed by atoms with Gasteiger partial charge < -0.3 is 0 Å². The van der Waals surface area contributed by atoms with E-state index in [-0.39, 0.29) is 0 Å². The van der Waals surface area contributed by atoms with Gasteiger partial charge in [0.1, 0.15) is 6.33 Å². The third-order valence-corrected chi connectivity index (χ3v) is 2.72. The van der Waals surface area contributed by atoms with E-state index in [9.17, 15) is 0 Å². The van der Waals surface area contributed by atoms with E-state index >= 15 is 0 Å². The quantitative estimate of drug-likeness (QED) is 0.682. The Morgan fingerprint density at radius 1 is 0.722 bits per heavy atom. The Morgan fingerprint density at radius 3 is 2.28 bits per heavy atom. The van der Waals surface area contributed by atoms with Crippen molar-refractivity contribution in [3.63, 3.8) is 0 Å². The predicted molar refractivity (Wildman–Crippen MR) is 70.7 cm³/mol. The van der Waals surface area contributed by atoms with Gasteiger partial charge in [0.2, 0.25) is 0 Å². The van der Waals surface area contributed by atoms with E-state index in [1.807, 2.05) is 48.7 Å². The van der Waals surface area contributed by atoms with Crippen LogP contribution in [0.5, 0.6) is 0 Å². The average molecular weight is 233 g/mol. The molecule has 0 saturated carbocycles. The van der Waals surface area contributed by atoms with E-state index in [0.717, 1.165) is 22.4 Å². The van der Waals surface area contributed by atoms with Crippen LogP contribution in [0.3, 0.4) is 0 Å². The Hall–Kier alpha value is -2.55. The average Bonchev–Trinajstić information content (AvgIpc) is 2.49. The van der Waals surface area contributed by atoms with Gasteiger partial charge in [-0.1, -0.05) is 30.3 Å². The largest absolute Gasteiger partial charge is 0.256 e. The van der Waals surface area contributed by atoms with Crippen molar-refractivity contribution in [1.29, 1.82) is 0 Å². The minimum Gasteiger partial charge on any atom is -0.256 e. The Balaban J connectivity index is 2.05. The molecule has 0 fully saturated rings. The number of hydrogen-bond donors (Lipinski definition) is 0. The molecular weight excluding hydrogens is 222 g/mol. The lowest BCUT2D eigenvalue weighted by Crippen LogP contribution is -1.86. The number of pyridine rings is 1. The third kappa shape index (κ3) is 2.11. The molecule has 2 aromatic heterocycles. The molecule has 0 radical (unpaired) electrons. The molecule has 0 amide bonds. The van der Waals surface area contributed by atoms with Crippen molar-refractivity contribution in [2.24, 2.45) is 0 Å². The number of rotatable bonds is 2. The highest BCUT2D eigenvalue weighted by atomic mass is 14.8. The van der Waals surface area contributed by atoms with E-state index in [1.165, 1.54) is 6.33 Å². The minimum atomic E-state index is 0.956. The van der Waals surface area contributed by atoms with Crippen LogP contribution in [0.2, 0.25) is 0 Å². The maximum Gasteiger partial charge on any atom is 0.115 e. The fraction of sp³-hybridized carbons (Fsp3) is 0. The van der Waals surface area contributed by atoms with Crippen molar-refractivity contribution in [2.45, 2.75) is 0 Å². The van der Waals surface area contributed by atoms with Gasteiger partial charge in [0.15, 0.2) is 0 Å². The van der Waals surface area contributed by atoms with E-state index in [0.29, 0.717) is 0 Å². The Morgan fingerprint density at radius 2 is 1.50 bits per heavy atom. The fourth-order valence-corrected chi connectivity index (χ4v) is 1.83. The lowest BCUT2D eigenvalue weighted by atomic mass is 10.1. The molecular formula is C15H11N3. The molecule has 3 aromatic rings. The van der Waals surface area contributed by atoms with Crippen molar-refractivity contribution in [3.05, 3.63) is 67.4 Å². The number of nitrogens with zero attached hydrogens (tertiary/aromatic N) is 3. The highest BCUT2D eigenvalue weighted by Crippen LogP contribution is 2.23. The van der Waals surface area contributed by atoms with Crippen LogP contribution in [0.1, 0.15) is 0 Å². The van der Waals surface area contributed by atoms with Crippen LogP contribution >= 0.6 is 0 Å². The molecule has 2 heterocycles. The standard InChI is InChI=1S/C15H11N3/c1-2-4-12(5-3-1)15-8-13(6-7-18-15)14-9-16-11-17-10-14/h1-11H. The molecule has 3 nitrogen and oxygen atoms in total. The van der Waals surface area contributed by atoms with Gasteiger partial charge in [-0.15, -0.1) is 0 Å². The normalized spacial score (nSPS) is 10.2. The third-order valence-electron chi connectivity index (χ3n) is 2.72. The van der Waals surface area contributed by atoms with Gasteiger partial charge in [0, 0.05) is 29.7 Å². The molecule has 0 atom stereocenters. The molecule has 0 N–H and O–H groups in total. The molecule has 0 aliphatic rings. The van der Waals surface area contributed by atoms with Crippen molar-refractivity contribution in [1.82, 2.24) is 15.0 Å². The summed E-state index contributed by atoms with van der Waals surface area (Å²) in [6, 6.07) is 14.1. The Labute approximate surface area is 105 Å². The molecule has 86 valence electrons. The smallest absolute Gasteiger partial charge is 0.115 e. The fourth-order valence-electron chi connectivity index (χ4n) is 1.83. The summed E-state index contributed by atoms with van der Waals surface area (Å²) in [5.74, 6) is 0. The molecule has 0 aliphatic carbocycles. The van der Waals surface area contributed by atoms with Gasteiger partial charge in [-0.2, -0.15) is 0 Å². The summed E-state index contributed by atoms with van der Waals surface area (Å²) in [6.07, 6.45) is 6.95. The first-order valence-electron chi connectivity index (χ1n) is 5.70. The van der Waals surface area contributed by atoms with Crippen LogP contribution in [0.4, 0.5) is 0 Å². The first kappa shape index (κ1) is 10.6. The summed E-state index contributed by atoms with van der Waals surface area (Å²) < 4.78 is 0. The maximum atomic E-state index is 4.39. The van der Waals surface area contributed by atoms with E-state index in [2.05, 4.69) is 15.0 Å². The Kier molecular flexibility index (Phi) is 2.80. The van der Waals surface area contributed by atoms with Gasteiger partial charge >= 0.3 is 0 Å². The second-order valence-corrected chi connectivity index (χ2v) is 3.92. The van der Waals surface area contributed by atoms with Crippen LogP contribution < -0.4 is 0 Å². The van der Waals surface area contributed by atoms with Gasteiger partial charge in [0.05, 0.1) is 5.69 Å². The summed E-state index contributed by atoms with van der Waals surface area (Å²) >= 11 is 0. The molecule has 0 bridgehead atoms. The van der Waals surface area contributed by atoms with Crippen molar-refractivity contribution >= 4 is 0 Å². The summed E-state index contributed by atoms with van der Waals surface area (Å²) in [6.45, 7) is 0. The molecule has 3 heteroatoms. The molecule has 0 spiro atoms. The van der Waals surface area contributed by atoms with Crippen LogP contribution in [-0.4, -0.2) is 15.0 Å². The second kappa shape index (κ2) is 4.75. The minimum absolute atomic E-state index is 0.956. The molecule has 0 aliphatic heterocycles. The van der Waals surface area contributed by atoms with Gasteiger partial charge in [-0.3, -0.25) is 4.98 Å². The van der Waals surface area contributed by atoms with Gasteiger partial charge in [0.25, 0.3) is 0 Å². The van der Waals surface area contributed by atoms with Crippen LogP contribution in [0, 0.1) is 0 Å². The summed E-state index contributed by atoms with van der Waals surface area (Å²) in [5.41, 5.74) is 4.13. The van der Waals surface area contributed by atoms with Gasteiger partial charge in [-0.25, -0.2) is 9.97 Å². The zero-order chi connectivity index (χ0) is 12.2. The van der Waals surface area contributed by atoms with Crippen LogP contribution in [0.15, 0.2) is 67.4 Å². The van der Waals surface area contributed by atoms with Crippen LogP contribution in [-0.2, 0) is 0 Å². The molecule has 18 heavy (non-hydrogen) atoms. The summed E-state index contributed by atoms with van der Waals surface area (Å²) in [4.78, 5) is 12.5. The van der Waals surface area contributed by atoms with E-state index in [4.69, 9.17) is 0 Å². The first-order valence-corrected chi connectivity index (χ1v) is 5.70. The van der Waals surface area contributed by atoms with Crippen LogP contribution in [0.25, 0.3) is 22.4 Å². The second-order valence-electron chi connectivity index (χ2n) is 3.92. The van der Waals surface area contributed by atoms with Crippen molar-refractivity contribution in [3.8, 4) is 22.4 Å². The lowest BCUT2D eigenvalue weighted by Gasteiger charge is -2.04. The zero-order valence-corrected chi connectivity index (χ0v) is 9.69. The summed E-state index contributed by atoms with van der Waals surface area (Å²) in [7, 11) is 0. The maximum absolute atomic E-state index is 4.39. The molecule has 3 rings (SSSR count). The molecule has 1 aromatic carbocycles. The SMILES string of the molecule is c1ccc(-c2cc(-c3cncnc3)ccn2)cc1. The predicted octanol–water partition coefficient (Wildman–Crippen LogP) is 3.21.